The molecule has 0 aliphatic carbocycles. The average Bonchev–Trinajstić information content (AvgIpc) is 3.05. The Morgan fingerprint density at radius 3 is 2.85 bits per heavy atom. The van der Waals surface area contributed by atoms with Crippen LogP contribution in [0.1, 0.15) is 19.3 Å². The smallest absolute Gasteiger partial charge is 0.332 e. The van der Waals surface area contributed by atoms with Crippen molar-refractivity contribution in [2.45, 2.75) is 31.5 Å². The third kappa shape index (κ3) is 3.83. The maximum Gasteiger partial charge on any atom is 0.332 e. The van der Waals surface area contributed by atoms with Gasteiger partial charge in [0.25, 0.3) is 0 Å². The molecule has 2 heterocycles. The molecule has 0 saturated carbocycles. The van der Waals surface area contributed by atoms with E-state index in [1.54, 1.807) is 12.0 Å². The number of carboxylic acid groups (broad SMARTS) is 1. The Labute approximate surface area is 118 Å². The molecule has 0 spiro atoms. The van der Waals surface area contributed by atoms with Crippen LogP contribution in [0.3, 0.4) is 0 Å². The predicted molar refractivity (Wildman–Crippen MR) is 70.5 cm³/mol. The number of carbonyl (C=O) groups is 2. The number of hydrogen-bond donors (Lipinski definition) is 2. The first-order valence-electron chi connectivity index (χ1n) is 7.00. The van der Waals surface area contributed by atoms with Gasteiger partial charge in [-0.15, -0.1) is 0 Å². The van der Waals surface area contributed by atoms with Crippen molar-refractivity contribution in [3.8, 4) is 0 Å². The highest BCUT2D eigenvalue weighted by Gasteiger charge is 2.31. The van der Waals surface area contributed by atoms with Crippen molar-refractivity contribution in [2.24, 2.45) is 5.92 Å². The maximum atomic E-state index is 12.0. The molecule has 0 bridgehead atoms. The summed E-state index contributed by atoms with van der Waals surface area (Å²) in [5.74, 6) is -0.523. The van der Waals surface area contributed by atoms with E-state index in [1.165, 1.54) is 0 Å². The topological polar surface area (TPSA) is 88.1 Å². The van der Waals surface area contributed by atoms with Crippen molar-refractivity contribution < 1.29 is 24.2 Å². The van der Waals surface area contributed by atoms with Crippen LogP contribution in [0.25, 0.3) is 0 Å². The standard InChI is InChI=1S/C13H22N2O5/c1-19-8-9-4-5-15(7-9)13(18)14-6-10-2-3-11(20-10)12(16)17/h9-11H,2-8H2,1H3,(H,14,18)(H,16,17). The number of amides is 2. The zero-order chi connectivity index (χ0) is 14.5. The number of rotatable bonds is 5. The summed E-state index contributed by atoms with van der Waals surface area (Å²) in [6, 6.07) is -0.106. The van der Waals surface area contributed by atoms with Gasteiger partial charge < -0.3 is 24.8 Å². The summed E-state index contributed by atoms with van der Waals surface area (Å²) in [5.41, 5.74) is 0. The molecule has 2 amide bonds. The van der Waals surface area contributed by atoms with Crippen molar-refractivity contribution in [1.82, 2.24) is 10.2 Å². The van der Waals surface area contributed by atoms with E-state index in [0.29, 0.717) is 38.5 Å². The summed E-state index contributed by atoms with van der Waals surface area (Å²) < 4.78 is 10.4. The van der Waals surface area contributed by atoms with E-state index in [0.717, 1.165) is 13.0 Å². The van der Waals surface area contributed by atoms with Gasteiger partial charge in [-0.05, 0) is 19.3 Å². The summed E-state index contributed by atoms with van der Waals surface area (Å²) in [4.78, 5) is 24.5. The number of likely N-dealkylation sites (tertiary alicyclic amines) is 1. The molecule has 2 rings (SSSR count). The summed E-state index contributed by atoms with van der Waals surface area (Å²) in [6.07, 6.45) is 1.22. The first-order chi connectivity index (χ1) is 9.60. The highest BCUT2D eigenvalue weighted by atomic mass is 16.5. The van der Waals surface area contributed by atoms with Gasteiger partial charge in [0.1, 0.15) is 0 Å². The Morgan fingerprint density at radius 1 is 1.40 bits per heavy atom. The van der Waals surface area contributed by atoms with Gasteiger partial charge in [-0.3, -0.25) is 0 Å². The van der Waals surface area contributed by atoms with Crippen molar-refractivity contribution >= 4 is 12.0 Å². The highest BCUT2D eigenvalue weighted by Crippen LogP contribution is 2.20. The fourth-order valence-corrected chi connectivity index (χ4v) is 2.74. The second-order valence-electron chi connectivity index (χ2n) is 5.40. The quantitative estimate of drug-likeness (QED) is 0.758. The Balaban J connectivity index is 1.67. The molecule has 2 fully saturated rings. The summed E-state index contributed by atoms with van der Waals surface area (Å²) in [5, 5.41) is 11.6. The Morgan fingerprint density at radius 2 is 2.20 bits per heavy atom. The monoisotopic (exact) mass is 286 g/mol. The van der Waals surface area contributed by atoms with Crippen LogP contribution in [0, 0.1) is 5.92 Å². The van der Waals surface area contributed by atoms with Gasteiger partial charge in [-0.2, -0.15) is 0 Å². The molecule has 0 aromatic carbocycles. The first kappa shape index (κ1) is 15.1. The van der Waals surface area contributed by atoms with Crippen LogP contribution in [0.15, 0.2) is 0 Å². The molecule has 0 aromatic rings. The van der Waals surface area contributed by atoms with Crippen LogP contribution in [0.5, 0.6) is 0 Å². The first-order valence-corrected chi connectivity index (χ1v) is 7.00. The Bertz CT molecular complexity index is 363. The average molecular weight is 286 g/mol. The number of urea groups is 1. The van der Waals surface area contributed by atoms with Gasteiger partial charge >= 0.3 is 12.0 Å². The normalized spacial score (nSPS) is 29.6. The molecule has 7 nitrogen and oxygen atoms in total. The lowest BCUT2D eigenvalue weighted by atomic mass is 10.1. The van der Waals surface area contributed by atoms with Crippen molar-refractivity contribution in [3.05, 3.63) is 0 Å². The van der Waals surface area contributed by atoms with E-state index < -0.39 is 12.1 Å². The fraction of sp³-hybridized carbons (Fsp3) is 0.846. The van der Waals surface area contributed by atoms with Gasteiger partial charge in [0.2, 0.25) is 0 Å². The second-order valence-corrected chi connectivity index (χ2v) is 5.40. The SMILES string of the molecule is COCC1CCN(C(=O)NCC2CCC(C(=O)O)O2)C1. The van der Waals surface area contributed by atoms with Gasteiger partial charge in [-0.1, -0.05) is 0 Å². The van der Waals surface area contributed by atoms with E-state index in [1.807, 2.05) is 0 Å². The van der Waals surface area contributed by atoms with Crippen LogP contribution in [-0.2, 0) is 14.3 Å². The molecule has 7 heteroatoms. The summed E-state index contributed by atoms with van der Waals surface area (Å²) in [6.45, 7) is 2.50. The molecular formula is C13H22N2O5. The largest absolute Gasteiger partial charge is 0.479 e. The molecule has 0 aromatic heterocycles. The number of hydrogen-bond acceptors (Lipinski definition) is 4. The third-order valence-electron chi connectivity index (χ3n) is 3.84. The number of methoxy groups -OCH3 is 1. The second kappa shape index (κ2) is 6.90. The predicted octanol–water partition coefficient (Wildman–Crippen LogP) is 0.297. The number of nitrogens with zero attached hydrogens (tertiary/aromatic N) is 1. The summed E-state index contributed by atoms with van der Waals surface area (Å²) in [7, 11) is 1.67. The van der Waals surface area contributed by atoms with E-state index in [9.17, 15) is 9.59 Å². The van der Waals surface area contributed by atoms with Crippen LogP contribution in [0.4, 0.5) is 4.79 Å². The Kier molecular flexibility index (Phi) is 5.19. The van der Waals surface area contributed by atoms with Crippen LogP contribution in [0.2, 0.25) is 0 Å². The van der Waals surface area contributed by atoms with Gasteiger partial charge in [-0.25, -0.2) is 9.59 Å². The molecule has 2 aliphatic rings. The lowest BCUT2D eigenvalue weighted by Gasteiger charge is -2.19. The minimum absolute atomic E-state index is 0.106. The summed E-state index contributed by atoms with van der Waals surface area (Å²) >= 11 is 0. The van der Waals surface area contributed by atoms with Crippen molar-refractivity contribution in [2.75, 3.05) is 33.4 Å². The van der Waals surface area contributed by atoms with Gasteiger partial charge in [0.05, 0.1) is 12.7 Å². The molecule has 2 N–H and O–H groups in total. The molecular weight excluding hydrogens is 264 g/mol. The lowest BCUT2D eigenvalue weighted by Crippen LogP contribution is -2.42. The van der Waals surface area contributed by atoms with E-state index in [4.69, 9.17) is 14.6 Å². The molecule has 0 radical (unpaired) electrons. The number of aliphatic carboxylic acids is 1. The van der Waals surface area contributed by atoms with Crippen LogP contribution < -0.4 is 5.32 Å². The van der Waals surface area contributed by atoms with Gasteiger partial charge in [0.15, 0.2) is 6.10 Å². The maximum absolute atomic E-state index is 12.0. The molecule has 3 atom stereocenters. The number of nitrogens with one attached hydrogen (secondary N) is 1. The Hall–Kier alpha value is -1.34. The number of ether oxygens (including phenoxy) is 2. The minimum Gasteiger partial charge on any atom is -0.479 e. The molecule has 20 heavy (non-hydrogen) atoms. The van der Waals surface area contributed by atoms with Gasteiger partial charge in [0, 0.05) is 32.7 Å². The number of carbonyl (C=O) groups excluding carboxylic acids is 1. The van der Waals surface area contributed by atoms with E-state index in [-0.39, 0.29) is 12.1 Å². The molecule has 114 valence electrons. The highest BCUT2D eigenvalue weighted by molar-refractivity contribution is 5.74. The zero-order valence-corrected chi connectivity index (χ0v) is 11.7. The van der Waals surface area contributed by atoms with Crippen LogP contribution in [-0.4, -0.2) is 67.6 Å². The van der Waals surface area contributed by atoms with E-state index >= 15 is 0 Å². The lowest BCUT2D eigenvalue weighted by molar-refractivity contribution is -0.149. The molecule has 2 saturated heterocycles. The fourth-order valence-electron chi connectivity index (χ4n) is 2.74. The van der Waals surface area contributed by atoms with E-state index in [2.05, 4.69) is 5.32 Å². The molecule has 2 aliphatic heterocycles. The van der Waals surface area contributed by atoms with Crippen LogP contribution >= 0.6 is 0 Å². The van der Waals surface area contributed by atoms with Crippen molar-refractivity contribution in [1.29, 1.82) is 0 Å². The minimum atomic E-state index is -0.930. The number of carboxylic acids is 1. The third-order valence-corrected chi connectivity index (χ3v) is 3.84. The zero-order valence-electron chi connectivity index (χ0n) is 11.7. The molecule has 3 unspecified atom stereocenters. The van der Waals surface area contributed by atoms with Crippen molar-refractivity contribution in [3.63, 3.8) is 0 Å².